The van der Waals surface area contributed by atoms with E-state index in [1.165, 1.54) is 16.7 Å². The van der Waals surface area contributed by atoms with Crippen LogP contribution in [0, 0.1) is 6.92 Å². The Morgan fingerprint density at radius 3 is 2.35 bits per heavy atom. The molecule has 0 N–H and O–H groups in total. The van der Waals surface area contributed by atoms with Gasteiger partial charge in [-0.3, -0.25) is 0 Å². The Hall–Kier alpha value is -1.48. The minimum Gasteiger partial charge on any atom is -0.497 e. The van der Waals surface area contributed by atoms with Gasteiger partial charge in [-0.2, -0.15) is 0 Å². The molecule has 0 aliphatic carbocycles. The monoisotopic (exact) mass is 334 g/mol. The van der Waals surface area contributed by atoms with Crippen molar-refractivity contribution >= 4 is 15.9 Å². The van der Waals surface area contributed by atoms with E-state index in [0.717, 1.165) is 17.9 Å². The molecule has 0 saturated heterocycles. The summed E-state index contributed by atoms with van der Waals surface area (Å²) in [4.78, 5) is 0.278. The molecule has 1 unspecified atom stereocenters. The molecule has 2 aromatic carbocycles. The first-order valence-electron chi connectivity index (χ1n) is 6.55. The predicted molar refractivity (Wildman–Crippen MR) is 86.1 cm³/mol. The van der Waals surface area contributed by atoms with Crippen molar-refractivity contribution in [3.63, 3.8) is 0 Å². The second kappa shape index (κ2) is 6.80. The molecule has 0 radical (unpaired) electrons. The number of aryl methyl sites for hydroxylation is 1. The van der Waals surface area contributed by atoms with Crippen LogP contribution < -0.4 is 9.47 Å². The first kappa shape index (κ1) is 14.9. The van der Waals surface area contributed by atoms with Crippen molar-refractivity contribution in [2.45, 2.75) is 18.2 Å². The SMILES string of the molecule is COc1cccc(CC(Br)c2ccc(OC)cc2C)c1. The highest BCUT2D eigenvalue weighted by molar-refractivity contribution is 9.09. The molecule has 0 bridgehead atoms. The zero-order valence-corrected chi connectivity index (χ0v) is 13.6. The summed E-state index contributed by atoms with van der Waals surface area (Å²) in [6.45, 7) is 2.11. The maximum absolute atomic E-state index is 5.26. The maximum atomic E-state index is 5.26. The van der Waals surface area contributed by atoms with Crippen molar-refractivity contribution in [1.29, 1.82) is 0 Å². The highest BCUT2D eigenvalue weighted by Gasteiger charge is 2.12. The van der Waals surface area contributed by atoms with Crippen molar-refractivity contribution in [2.75, 3.05) is 14.2 Å². The average Bonchev–Trinajstić information content (AvgIpc) is 2.47. The van der Waals surface area contributed by atoms with Gasteiger partial charge in [-0.15, -0.1) is 0 Å². The number of hydrogen-bond donors (Lipinski definition) is 0. The summed E-state index contributed by atoms with van der Waals surface area (Å²) < 4.78 is 10.5. The molecule has 2 aromatic rings. The molecule has 2 rings (SSSR count). The topological polar surface area (TPSA) is 18.5 Å². The molecular formula is C17H19BrO2. The quantitative estimate of drug-likeness (QED) is 0.738. The Balaban J connectivity index is 2.16. The Morgan fingerprint density at radius 1 is 1.00 bits per heavy atom. The van der Waals surface area contributed by atoms with Gasteiger partial charge < -0.3 is 9.47 Å². The normalized spacial score (nSPS) is 12.0. The Labute approximate surface area is 128 Å². The van der Waals surface area contributed by atoms with E-state index in [1.807, 2.05) is 18.2 Å². The lowest BCUT2D eigenvalue weighted by Gasteiger charge is -2.15. The Bertz CT molecular complexity index is 581. The second-order valence-corrected chi connectivity index (χ2v) is 5.85. The number of alkyl halides is 1. The molecule has 20 heavy (non-hydrogen) atoms. The lowest BCUT2D eigenvalue weighted by molar-refractivity contribution is 0.414. The minimum atomic E-state index is 0.278. The van der Waals surface area contributed by atoms with Gasteiger partial charge in [-0.1, -0.05) is 34.1 Å². The van der Waals surface area contributed by atoms with Gasteiger partial charge in [0.1, 0.15) is 11.5 Å². The van der Waals surface area contributed by atoms with Crippen LogP contribution in [-0.4, -0.2) is 14.2 Å². The van der Waals surface area contributed by atoms with Gasteiger partial charge in [-0.25, -0.2) is 0 Å². The number of halogens is 1. The van der Waals surface area contributed by atoms with Crippen molar-refractivity contribution in [3.05, 3.63) is 59.2 Å². The largest absolute Gasteiger partial charge is 0.497 e. The van der Waals surface area contributed by atoms with Crippen LogP contribution in [0.25, 0.3) is 0 Å². The number of ether oxygens (including phenoxy) is 2. The zero-order chi connectivity index (χ0) is 14.5. The van der Waals surface area contributed by atoms with E-state index in [4.69, 9.17) is 9.47 Å². The molecule has 2 nitrogen and oxygen atoms in total. The van der Waals surface area contributed by atoms with Crippen molar-refractivity contribution in [1.82, 2.24) is 0 Å². The van der Waals surface area contributed by atoms with Gasteiger partial charge in [-0.05, 0) is 54.3 Å². The van der Waals surface area contributed by atoms with Gasteiger partial charge in [0.25, 0.3) is 0 Å². The molecular weight excluding hydrogens is 316 g/mol. The molecule has 0 amide bonds. The second-order valence-electron chi connectivity index (χ2n) is 4.75. The fourth-order valence-corrected chi connectivity index (χ4v) is 3.13. The van der Waals surface area contributed by atoms with Crippen LogP contribution in [0.15, 0.2) is 42.5 Å². The van der Waals surface area contributed by atoms with E-state index in [-0.39, 0.29) is 4.83 Å². The van der Waals surface area contributed by atoms with E-state index >= 15 is 0 Å². The van der Waals surface area contributed by atoms with Gasteiger partial charge >= 0.3 is 0 Å². The third-order valence-electron chi connectivity index (χ3n) is 3.36. The summed E-state index contributed by atoms with van der Waals surface area (Å²) in [5.74, 6) is 1.79. The molecule has 3 heteroatoms. The lowest BCUT2D eigenvalue weighted by atomic mass is 10.00. The van der Waals surface area contributed by atoms with Gasteiger partial charge in [0.2, 0.25) is 0 Å². The number of methoxy groups -OCH3 is 2. The zero-order valence-electron chi connectivity index (χ0n) is 12.0. The van der Waals surface area contributed by atoms with Crippen molar-refractivity contribution in [3.8, 4) is 11.5 Å². The molecule has 106 valence electrons. The summed E-state index contributed by atoms with van der Waals surface area (Å²) in [6.07, 6.45) is 0.921. The van der Waals surface area contributed by atoms with Crippen LogP contribution in [-0.2, 0) is 6.42 Å². The third-order valence-corrected chi connectivity index (χ3v) is 4.18. The van der Waals surface area contributed by atoms with E-state index in [1.54, 1.807) is 14.2 Å². The van der Waals surface area contributed by atoms with Crippen LogP contribution in [0.4, 0.5) is 0 Å². The van der Waals surface area contributed by atoms with Crippen LogP contribution >= 0.6 is 15.9 Å². The van der Waals surface area contributed by atoms with Crippen LogP contribution in [0.3, 0.4) is 0 Å². The fraction of sp³-hybridized carbons (Fsp3) is 0.294. The maximum Gasteiger partial charge on any atom is 0.119 e. The molecule has 0 spiro atoms. The number of rotatable bonds is 5. The predicted octanol–water partition coefficient (Wildman–Crippen LogP) is 4.69. The smallest absolute Gasteiger partial charge is 0.119 e. The standard InChI is InChI=1S/C17H19BrO2/c1-12-9-15(20-3)7-8-16(12)17(18)11-13-5-4-6-14(10-13)19-2/h4-10,17H,11H2,1-3H3. The first-order chi connectivity index (χ1) is 9.63. The van der Waals surface area contributed by atoms with E-state index in [2.05, 4.69) is 47.1 Å². The molecule has 0 saturated carbocycles. The molecule has 0 aliphatic rings. The molecule has 0 aliphatic heterocycles. The fourth-order valence-electron chi connectivity index (χ4n) is 2.24. The van der Waals surface area contributed by atoms with Gasteiger partial charge in [0, 0.05) is 4.83 Å². The van der Waals surface area contributed by atoms with Crippen molar-refractivity contribution < 1.29 is 9.47 Å². The highest BCUT2D eigenvalue weighted by atomic mass is 79.9. The van der Waals surface area contributed by atoms with Gasteiger partial charge in [0.05, 0.1) is 14.2 Å². The number of hydrogen-bond acceptors (Lipinski definition) is 2. The van der Waals surface area contributed by atoms with Gasteiger partial charge in [0.15, 0.2) is 0 Å². The van der Waals surface area contributed by atoms with E-state index in [9.17, 15) is 0 Å². The number of benzene rings is 2. The van der Waals surface area contributed by atoms with Crippen LogP contribution in [0.1, 0.15) is 21.5 Å². The Kier molecular flexibility index (Phi) is 5.07. The highest BCUT2D eigenvalue weighted by Crippen LogP contribution is 2.32. The van der Waals surface area contributed by atoms with Crippen molar-refractivity contribution in [2.24, 2.45) is 0 Å². The summed E-state index contributed by atoms with van der Waals surface area (Å²) in [7, 11) is 3.38. The van der Waals surface area contributed by atoms with Crippen LogP contribution in [0.5, 0.6) is 11.5 Å². The van der Waals surface area contributed by atoms with E-state index < -0.39 is 0 Å². The van der Waals surface area contributed by atoms with Crippen LogP contribution in [0.2, 0.25) is 0 Å². The average molecular weight is 335 g/mol. The lowest BCUT2D eigenvalue weighted by Crippen LogP contribution is -1.99. The molecule has 0 aromatic heterocycles. The minimum absolute atomic E-state index is 0.278. The summed E-state index contributed by atoms with van der Waals surface area (Å²) in [6, 6.07) is 14.4. The van der Waals surface area contributed by atoms with E-state index in [0.29, 0.717) is 0 Å². The summed E-state index contributed by atoms with van der Waals surface area (Å²) in [5.41, 5.74) is 3.77. The summed E-state index contributed by atoms with van der Waals surface area (Å²) >= 11 is 3.78. The first-order valence-corrected chi connectivity index (χ1v) is 7.47. The third kappa shape index (κ3) is 3.54. The molecule has 0 heterocycles. The molecule has 1 atom stereocenters. The Morgan fingerprint density at radius 2 is 1.70 bits per heavy atom. The molecule has 0 fully saturated rings. The summed E-state index contributed by atoms with van der Waals surface area (Å²) in [5, 5.41) is 0.